The Morgan fingerprint density at radius 3 is 2.50 bits per heavy atom. The molecule has 1 saturated heterocycles. The van der Waals surface area contributed by atoms with E-state index in [1.165, 1.54) is 19.8 Å². The average Bonchev–Trinajstić information content (AvgIpc) is 2.85. The van der Waals surface area contributed by atoms with Crippen LogP contribution in [0.2, 0.25) is 0 Å². The normalized spacial score (nSPS) is 31.1. The van der Waals surface area contributed by atoms with Gasteiger partial charge in [-0.3, -0.25) is 14.5 Å². The number of esters is 1. The Hall–Kier alpha value is -1.10. The van der Waals surface area contributed by atoms with Crippen molar-refractivity contribution >= 4 is 11.9 Å². The molecule has 0 N–H and O–H groups in total. The molecule has 1 unspecified atom stereocenters. The maximum absolute atomic E-state index is 11.7. The molecule has 1 amide bonds. The highest BCUT2D eigenvalue weighted by Crippen LogP contribution is 2.29. The molecule has 5 heteroatoms. The molecule has 1 saturated carbocycles. The highest BCUT2D eigenvalue weighted by atomic mass is 16.5. The van der Waals surface area contributed by atoms with Gasteiger partial charge in [0.05, 0.1) is 0 Å². The molecular formula is C15H26N2O3. The Kier molecular flexibility index (Phi) is 5.02. The van der Waals surface area contributed by atoms with Crippen LogP contribution in [0.1, 0.15) is 46.0 Å². The molecule has 0 aromatic carbocycles. The van der Waals surface area contributed by atoms with Crippen molar-refractivity contribution < 1.29 is 14.3 Å². The van der Waals surface area contributed by atoms with Gasteiger partial charge in [0.2, 0.25) is 5.91 Å². The molecule has 0 radical (unpaired) electrons. The SMILES string of the molecule is CC(=O)OC1CCN([C@@H]2CCCC[C@H]2N(C)C(C)=O)C1. The Balaban J connectivity index is 1.98. The highest BCUT2D eigenvalue weighted by molar-refractivity contribution is 5.73. The van der Waals surface area contributed by atoms with Gasteiger partial charge < -0.3 is 9.64 Å². The maximum Gasteiger partial charge on any atom is 0.302 e. The second-order valence-electron chi connectivity index (χ2n) is 6.06. The molecule has 1 heterocycles. The predicted octanol–water partition coefficient (Wildman–Crippen LogP) is 1.41. The molecule has 20 heavy (non-hydrogen) atoms. The van der Waals surface area contributed by atoms with Gasteiger partial charge in [-0.1, -0.05) is 12.8 Å². The van der Waals surface area contributed by atoms with Crippen molar-refractivity contribution in [2.24, 2.45) is 0 Å². The first-order valence-electron chi connectivity index (χ1n) is 7.63. The summed E-state index contributed by atoms with van der Waals surface area (Å²) in [5.74, 6) is -0.0597. The molecule has 2 rings (SSSR count). The van der Waals surface area contributed by atoms with Crippen LogP contribution in [0.3, 0.4) is 0 Å². The minimum Gasteiger partial charge on any atom is -0.461 e. The Morgan fingerprint density at radius 2 is 1.85 bits per heavy atom. The van der Waals surface area contributed by atoms with E-state index in [2.05, 4.69) is 4.90 Å². The fourth-order valence-corrected chi connectivity index (χ4v) is 3.59. The lowest BCUT2D eigenvalue weighted by Crippen LogP contribution is -2.53. The summed E-state index contributed by atoms with van der Waals surface area (Å²) in [5, 5.41) is 0. The van der Waals surface area contributed by atoms with Gasteiger partial charge >= 0.3 is 5.97 Å². The fourth-order valence-electron chi connectivity index (χ4n) is 3.59. The zero-order chi connectivity index (χ0) is 14.7. The number of likely N-dealkylation sites (tertiary alicyclic amines) is 1. The number of ether oxygens (including phenoxy) is 1. The quantitative estimate of drug-likeness (QED) is 0.735. The van der Waals surface area contributed by atoms with Crippen LogP contribution in [0.4, 0.5) is 0 Å². The van der Waals surface area contributed by atoms with E-state index in [0.717, 1.165) is 32.4 Å². The first-order chi connectivity index (χ1) is 9.49. The molecule has 0 bridgehead atoms. The molecule has 3 atom stereocenters. The molecule has 0 aromatic heterocycles. The second kappa shape index (κ2) is 6.57. The molecule has 2 aliphatic rings. The minimum absolute atomic E-state index is 0.0257. The third-order valence-electron chi connectivity index (χ3n) is 4.67. The van der Waals surface area contributed by atoms with Crippen molar-refractivity contribution in [3.05, 3.63) is 0 Å². The summed E-state index contributed by atoms with van der Waals surface area (Å²) in [4.78, 5) is 27.0. The van der Waals surface area contributed by atoms with Crippen LogP contribution in [0.25, 0.3) is 0 Å². The molecular weight excluding hydrogens is 256 g/mol. The van der Waals surface area contributed by atoms with E-state index in [1.807, 2.05) is 11.9 Å². The van der Waals surface area contributed by atoms with Crippen molar-refractivity contribution in [1.82, 2.24) is 9.80 Å². The zero-order valence-corrected chi connectivity index (χ0v) is 12.8. The topological polar surface area (TPSA) is 49.9 Å². The fraction of sp³-hybridized carbons (Fsp3) is 0.867. The number of amides is 1. The van der Waals surface area contributed by atoms with Crippen LogP contribution >= 0.6 is 0 Å². The molecule has 1 aliphatic carbocycles. The van der Waals surface area contributed by atoms with Crippen molar-refractivity contribution in [3.63, 3.8) is 0 Å². The Bertz CT molecular complexity index is 372. The number of nitrogens with zero attached hydrogens (tertiary/aromatic N) is 2. The molecule has 5 nitrogen and oxygen atoms in total. The molecule has 114 valence electrons. The summed E-state index contributed by atoms with van der Waals surface area (Å²) < 4.78 is 5.31. The second-order valence-corrected chi connectivity index (χ2v) is 6.06. The number of hydrogen-bond donors (Lipinski definition) is 0. The average molecular weight is 282 g/mol. The van der Waals surface area contributed by atoms with E-state index in [-0.39, 0.29) is 18.0 Å². The van der Waals surface area contributed by atoms with Crippen molar-refractivity contribution in [2.75, 3.05) is 20.1 Å². The summed E-state index contributed by atoms with van der Waals surface area (Å²) in [6.07, 6.45) is 5.57. The van der Waals surface area contributed by atoms with E-state index in [1.54, 1.807) is 6.92 Å². The first kappa shape index (κ1) is 15.3. The van der Waals surface area contributed by atoms with Gasteiger partial charge in [0.25, 0.3) is 0 Å². The van der Waals surface area contributed by atoms with Gasteiger partial charge in [-0.2, -0.15) is 0 Å². The largest absolute Gasteiger partial charge is 0.461 e. The van der Waals surface area contributed by atoms with Crippen LogP contribution in [0.5, 0.6) is 0 Å². The van der Waals surface area contributed by atoms with E-state index >= 15 is 0 Å². The van der Waals surface area contributed by atoms with E-state index in [0.29, 0.717) is 12.1 Å². The van der Waals surface area contributed by atoms with Crippen molar-refractivity contribution in [3.8, 4) is 0 Å². The lowest BCUT2D eigenvalue weighted by molar-refractivity contribution is -0.145. The van der Waals surface area contributed by atoms with Crippen LogP contribution in [-0.2, 0) is 14.3 Å². The van der Waals surface area contributed by atoms with Gasteiger partial charge in [-0.15, -0.1) is 0 Å². The summed E-state index contributed by atoms with van der Waals surface area (Å²) in [6.45, 7) is 4.88. The number of hydrogen-bond acceptors (Lipinski definition) is 4. The zero-order valence-electron chi connectivity index (χ0n) is 12.8. The highest BCUT2D eigenvalue weighted by Gasteiger charge is 2.37. The predicted molar refractivity (Wildman–Crippen MR) is 76.2 cm³/mol. The molecule has 1 aliphatic heterocycles. The number of rotatable bonds is 3. The van der Waals surface area contributed by atoms with Crippen LogP contribution in [0.15, 0.2) is 0 Å². The van der Waals surface area contributed by atoms with E-state index in [9.17, 15) is 9.59 Å². The number of carbonyl (C=O) groups is 2. The molecule has 0 spiro atoms. The number of likely N-dealkylation sites (N-methyl/N-ethyl adjacent to an activating group) is 1. The number of carbonyl (C=O) groups excluding carboxylic acids is 2. The Labute approximate surface area is 121 Å². The summed E-state index contributed by atoms with van der Waals surface area (Å²) in [7, 11) is 1.91. The molecule has 0 aromatic rings. The standard InChI is InChI=1S/C15H26N2O3/c1-11(18)16(3)14-6-4-5-7-15(14)17-9-8-13(10-17)20-12(2)19/h13-15H,4-10H2,1-3H3/t13?,14-,15-/m1/s1. The smallest absolute Gasteiger partial charge is 0.302 e. The van der Waals surface area contributed by atoms with E-state index < -0.39 is 0 Å². The molecule has 2 fully saturated rings. The third kappa shape index (κ3) is 3.51. The van der Waals surface area contributed by atoms with Crippen LogP contribution in [-0.4, -0.2) is 60.0 Å². The first-order valence-corrected chi connectivity index (χ1v) is 7.63. The minimum atomic E-state index is -0.196. The van der Waals surface area contributed by atoms with Crippen LogP contribution < -0.4 is 0 Å². The monoisotopic (exact) mass is 282 g/mol. The van der Waals surface area contributed by atoms with E-state index in [4.69, 9.17) is 4.74 Å². The van der Waals surface area contributed by atoms with Gasteiger partial charge in [0.15, 0.2) is 0 Å². The van der Waals surface area contributed by atoms with Crippen LogP contribution in [0, 0.1) is 0 Å². The summed E-state index contributed by atoms with van der Waals surface area (Å²) in [6, 6.07) is 0.718. The maximum atomic E-state index is 11.7. The van der Waals surface area contributed by atoms with Crippen molar-refractivity contribution in [1.29, 1.82) is 0 Å². The van der Waals surface area contributed by atoms with Gasteiger partial charge in [-0.05, 0) is 19.3 Å². The Morgan fingerprint density at radius 1 is 1.15 bits per heavy atom. The lowest BCUT2D eigenvalue weighted by atomic mass is 9.88. The summed E-state index contributed by atoms with van der Waals surface area (Å²) in [5.41, 5.74) is 0. The van der Waals surface area contributed by atoms with Gasteiger partial charge in [0.1, 0.15) is 6.10 Å². The van der Waals surface area contributed by atoms with Crippen molar-refractivity contribution in [2.45, 2.75) is 64.1 Å². The lowest BCUT2D eigenvalue weighted by Gasteiger charge is -2.42. The third-order valence-corrected chi connectivity index (χ3v) is 4.67. The summed E-state index contributed by atoms with van der Waals surface area (Å²) >= 11 is 0. The van der Waals surface area contributed by atoms with Gasteiger partial charge in [-0.25, -0.2) is 0 Å². The van der Waals surface area contributed by atoms with Gasteiger partial charge in [0, 0.05) is 46.1 Å².